The first-order valence-electron chi connectivity index (χ1n) is 6.40. The van der Waals surface area contributed by atoms with Gasteiger partial charge in [0.1, 0.15) is 11.5 Å². The molecule has 0 unspecified atom stereocenters. The SMILES string of the molecule is CC[C@H](N)c1ccc(Oc2ccccc2C(N)=O)cn1. The van der Waals surface area contributed by atoms with E-state index in [-0.39, 0.29) is 6.04 Å². The third-order valence-corrected chi connectivity index (χ3v) is 2.96. The number of primary amides is 1. The molecule has 1 atom stereocenters. The quantitative estimate of drug-likeness (QED) is 0.873. The normalized spacial score (nSPS) is 11.9. The van der Waals surface area contributed by atoms with Gasteiger partial charge in [0.05, 0.1) is 17.5 Å². The van der Waals surface area contributed by atoms with Crippen LogP contribution in [-0.4, -0.2) is 10.9 Å². The summed E-state index contributed by atoms with van der Waals surface area (Å²) in [7, 11) is 0. The van der Waals surface area contributed by atoms with Crippen molar-refractivity contribution in [3.63, 3.8) is 0 Å². The van der Waals surface area contributed by atoms with Crippen LogP contribution in [0.2, 0.25) is 0 Å². The number of aromatic nitrogens is 1. The lowest BCUT2D eigenvalue weighted by Gasteiger charge is -2.11. The Morgan fingerprint density at radius 2 is 2.05 bits per heavy atom. The van der Waals surface area contributed by atoms with Gasteiger partial charge in [-0.05, 0) is 30.7 Å². The van der Waals surface area contributed by atoms with Crippen molar-refractivity contribution in [2.24, 2.45) is 11.5 Å². The summed E-state index contributed by atoms with van der Waals surface area (Å²) in [5.41, 5.74) is 12.3. The van der Waals surface area contributed by atoms with Crippen LogP contribution < -0.4 is 16.2 Å². The van der Waals surface area contributed by atoms with Gasteiger partial charge >= 0.3 is 0 Å². The zero-order valence-electron chi connectivity index (χ0n) is 11.2. The number of ether oxygens (including phenoxy) is 1. The zero-order valence-corrected chi connectivity index (χ0v) is 11.2. The molecule has 0 bridgehead atoms. The minimum Gasteiger partial charge on any atom is -0.455 e. The van der Waals surface area contributed by atoms with Crippen LogP contribution in [-0.2, 0) is 0 Å². The van der Waals surface area contributed by atoms with Crippen molar-refractivity contribution in [3.8, 4) is 11.5 Å². The van der Waals surface area contributed by atoms with Gasteiger partial charge in [-0.2, -0.15) is 0 Å². The molecule has 0 saturated carbocycles. The molecule has 0 radical (unpaired) electrons. The van der Waals surface area contributed by atoms with Gasteiger partial charge in [-0.3, -0.25) is 9.78 Å². The summed E-state index contributed by atoms with van der Waals surface area (Å²) in [6.45, 7) is 2.00. The summed E-state index contributed by atoms with van der Waals surface area (Å²) in [6.07, 6.45) is 2.40. The second-order valence-electron chi connectivity index (χ2n) is 4.40. The van der Waals surface area contributed by atoms with E-state index in [0.717, 1.165) is 12.1 Å². The molecule has 0 fully saturated rings. The number of rotatable bonds is 5. The average molecular weight is 271 g/mol. The molecule has 2 aromatic rings. The number of carbonyl (C=O) groups is 1. The number of benzene rings is 1. The minimum absolute atomic E-state index is 0.0815. The summed E-state index contributed by atoms with van der Waals surface area (Å²) in [4.78, 5) is 15.6. The molecule has 0 aliphatic heterocycles. The van der Waals surface area contributed by atoms with Gasteiger partial charge in [0.25, 0.3) is 5.91 Å². The van der Waals surface area contributed by atoms with E-state index in [1.165, 1.54) is 0 Å². The smallest absolute Gasteiger partial charge is 0.252 e. The summed E-state index contributed by atoms with van der Waals surface area (Å²) in [5, 5.41) is 0. The van der Waals surface area contributed by atoms with Crippen molar-refractivity contribution < 1.29 is 9.53 Å². The highest BCUT2D eigenvalue weighted by atomic mass is 16.5. The molecule has 4 N–H and O–H groups in total. The van der Waals surface area contributed by atoms with Crippen LogP contribution in [0.15, 0.2) is 42.6 Å². The van der Waals surface area contributed by atoms with Crippen LogP contribution in [0.4, 0.5) is 0 Å². The van der Waals surface area contributed by atoms with Gasteiger partial charge in [-0.15, -0.1) is 0 Å². The predicted octanol–water partition coefficient (Wildman–Crippen LogP) is 2.38. The van der Waals surface area contributed by atoms with Crippen molar-refractivity contribution in [2.75, 3.05) is 0 Å². The Morgan fingerprint density at radius 1 is 1.30 bits per heavy atom. The maximum absolute atomic E-state index is 11.3. The number of hydrogen-bond acceptors (Lipinski definition) is 4. The Kier molecular flexibility index (Phi) is 4.32. The van der Waals surface area contributed by atoms with Crippen LogP contribution in [0.25, 0.3) is 0 Å². The van der Waals surface area contributed by atoms with Gasteiger partial charge in [0, 0.05) is 6.04 Å². The highest BCUT2D eigenvalue weighted by Crippen LogP contribution is 2.25. The van der Waals surface area contributed by atoms with E-state index in [4.69, 9.17) is 16.2 Å². The van der Waals surface area contributed by atoms with Crippen LogP contribution in [0, 0.1) is 0 Å². The maximum atomic E-state index is 11.3. The fourth-order valence-electron chi connectivity index (χ4n) is 1.77. The molecule has 2 rings (SSSR count). The lowest BCUT2D eigenvalue weighted by molar-refractivity contribution is 0.0998. The number of para-hydroxylation sites is 1. The van der Waals surface area contributed by atoms with Crippen molar-refractivity contribution in [3.05, 3.63) is 53.9 Å². The molecule has 104 valence electrons. The van der Waals surface area contributed by atoms with E-state index in [2.05, 4.69) is 4.98 Å². The van der Waals surface area contributed by atoms with Gasteiger partial charge in [0.2, 0.25) is 0 Å². The summed E-state index contributed by atoms with van der Waals surface area (Å²) in [6, 6.07) is 10.3. The zero-order chi connectivity index (χ0) is 14.5. The average Bonchev–Trinajstić information content (AvgIpc) is 2.47. The van der Waals surface area contributed by atoms with E-state index in [1.807, 2.05) is 13.0 Å². The molecule has 0 aliphatic rings. The maximum Gasteiger partial charge on any atom is 0.252 e. The Balaban J connectivity index is 2.20. The predicted molar refractivity (Wildman–Crippen MR) is 76.5 cm³/mol. The van der Waals surface area contributed by atoms with E-state index in [0.29, 0.717) is 17.1 Å². The third-order valence-electron chi connectivity index (χ3n) is 2.96. The van der Waals surface area contributed by atoms with E-state index in [1.54, 1.807) is 36.5 Å². The fourth-order valence-corrected chi connectivity index (χ4v) is 1.77. The first-order chi connectivity index (χ1) is 9.61. The van der Waals surface area contributed by atoms with Crippen molar-refractivity contribution in [1.29, 1.82) is 0 Å². The molecule has 5 nitrogen and oxygen atoms in total. The van der Waals surface area contributed by atoms with E-state index >= 15 is 0 Å². The second kappa shape index (κ2) is 6.16. The summed E-state index contributed by atoms with van der Waals surface area (Å²) < 4.78 is 5.64. The molecule has 0 spiro atoms. The minimum atomic E-state index is -0.529. The van der Waals surface area contributed by atoms with Crippen LogP contribution in [0.1, 0.15) is 35.4 Å². The number of amides is 1. The number of nitrogens with two attached hydrogens (primary N) is 2. The van der Waals surface area contributed by atoms with Crippen molar-refractivity contribution in [2.45, 2.75) is 19.4 Å². The summed E-state index contributed by atoms with van der Waals surface area (Å²) >= 11 is 0. The molecule has 1 amide bonds. The van der Waals surface area contributed by atoms with Crippen molar-refractivity contribution >= 4 is 5.91 Å². The molecule has 5 heteroatoms. The topological polar surface area (TPSA) is 91.2 Å². The molecule has 1 aromatic carbocycles. The van der Waals surface area contributed by atoms with Crippen LogP contribution >= 0.6 is 0 Å². The van der Waals surface area contributed by atoms with Crippen LogP contribution in [0.3, 0.4) is 0 Å². The molecule has 20 heavy (non-hydrogen) atoms. The highest BCUT2D eigenvalue weighted by Gasteiger charge is 2.10. The van der Waals surface area contributed by atoms with E-state index < -0.39 is 5.91 Å². The van der Waals surface area contributed by atoms with Gasteiger partial charge in [-0.1, -0.05) is 19.1 Å². The van der Waals surface area contributed by atoms with Gasteiger partial charge in [0.15, 0.2) is 0 Å². The summed E-state index contributed by atoms with van der Waals surface area (Å²) in [5.74, 6) is 0.415. The van der Waals surface area contributed by atoms with Crippen molar-refractivity contribution in [1.82, 2.24) is 4.98 Å². The first kappa shape index (κ1) is 14.0. The number of nitrogens with zero attached hydrogens (tertiary/aromatic N) is 1. The molecule has 1 heterocycles. The van der Waals surface area contributed by atoms with E-state index in [9.17, 15) is 4.79 Å². The Labute approximate surface area is 117 Å². The Morgan fingerprint density at radius 3 is 2.65 bits per heavy atom. The number of carbonyl (C=O) groups excluding carboxylic acids is 1. The van der Waals surface area contributed by atoms with Gasteiger partial charge < -0.3 is 16.2 Å². The highest BCUT2D eigenvalue weighted by molar-refractivity contribution is 5.95. The third kappa shape index (κ3) is 3.13. The largest absolute Gasteiger partial charge is 0.455 e. The fraction of sp³-hybridized carbons (Fsp3) is 0.200. The molecule has 1 aromatic heterocycles. The lowest BCUT2D eigenvalue weighted by atomic mass is 10.1. The molecule has 0 saturated heterocycles. The number of hydrogen-bond donors (Lipinski definition) is 2. The standard InChI is InChI=1S/C15H17N3O2/c1-2-12(16)13-8-7-10(9-18-13)20-14-6-4-3-5-11(14)15(17)19/h3-9,12H,2,16H2,1H3,(H2,17,19)/t12-/m0/s1. The molecular weight excluding hydrogens is 254 g/mol. The Hall–Kier alpha value is -2.40. The van der Waals surface area contributed by atoms with Crippen LogP contribution in [0.5, 0.6) is 11.5 Å². The monoisotopic (exact) mass is 271 g/mol. The molecule has 0 aliphatic carbocycles. The number of pyridine rings is 1. The molecular formula is C15H17N3O2. The first-order valence-corrected chi connectivity index (χ1v) is 6.40. The van der Waals surface area contributed by atoms with Gasteiger partial charge in [-0.25, -0.2) is 0 Å². The Bertz CT molecular complexity index is 596. The lowest BCUT2D eigenvalue weighted by Crippen LogP contribution is -2.12. The second-order valence-corrected chi connectivity index (χ2v) is 4.40.